The Hall–Kier alpha value is -2.85. The highest BCUT2D eigenvalue weighted by Crippen LogP contribution is 2.44. The van der Waals surface area contributed by atoms with Crippen molar-refractivity contribution in [2.75, 3.05) is 19.2 Å². The minimum absolute atomic E-state index is 0.0462. The van der Waals surface area contributed by atoms with Crippen LogP contribution >= 0.6 is 31.9 Å². The largest absolute Gasteiger partial charge is 0.493 e. The number of carbonyl (C=O) groups excluding carboxylic acids is 3. The number of carbonyl (C=O) groups is 3. The predicted octanol–water partition coefficient (Wildman–Crippen LogP) is 3.62. The first-order valence-corrected chi connectivity index (χ1v) is 10.6. The molecule has 1 saturated heterocycles. The molecule has 1 fully saturated rings. The van der Waals surface area contributed by atoms with E-state index in [9.17, 15) is 14.4 Å². The molecule has 10 heteroatoms. The molecule has 31 heavy (non-hydrogen) atoms. The molecule has 0 saturated carbocycles. The summed E-state index contributed by atoms with van der Waals surface area (Å²) >= 11 is 6.87. The molecule has 1 atom stereocenters. The fourth-order valence-electron chi connectivity index (χ4n) is 2.83. The number of benzene rings is 2. The summed E-state index contributed by atoms with van der Waals surface area (Å²) in [6, 6.07) is 10.4. The van der Waals surface area contributed by atoms with Crippen molar-refractivity contribution in [1.29, 1.82) is 0 Å². The lowest BCUT2D eigenvalue weighted by Crippen LogP contribution is -2.35. The van der Waals surface area contributed by atoms with Gasteiger partial charge in [0, 0.05) is 4.47 Å². The van der Waals surface area contributed by atoms with Crippen LogP contribution in [0.1, 0.15) is 12.5 Å². The Morgan fingerprint density at radius 3 is 2.42 bits per heavy atom. The molecule has 0 aromatic heterocycles. The van der Waals surface area contributed by atoms with E-state index in [1.165, 1.54) is 25.3 Å². The number of hydrogen-bond acceptors (Lipinski definition) is 6. The Morgan fingerprint density at radius 2 is 1.81 bits per heavy atom. The fourth-order valence-corrected chi connectivity index (χ4v) is 3.76. The van der Waals surface area contributed by atoms with E-state index in [2.05, 4.69) is 42.0 Å². The van der Waals surface area contributed by atoms with Crippen molar-refractivity contribution < 1.29 is 28.6 Å². The summed E-state index contributed by atoms with van der Waals surface area (Å²) in [7, 11) is 2.70. The van der Waals surface area contributed by atoms with Crippen molar-refractivity contribution in [2.45, 2.75) is 13.0 Å². The average molecular weight is 554 g/mol. The van der Waals surface area contributed by atoms with Crippen LogP contribution in [0, 0.1) is 0 Å². The Kier molecular flexibility index (Phi) is 7.01. The van der Waals surface area contributed by atoms with E-state index in [4.69, 9.17) is 9.47 Å². The van der Waals surface area contributed by atoms with Gasteiger partial charge in [0.2, 0.25) is 0 Å². The van der Waals surface area contributed by atoms with Gasteiger partial charge in [0.25, 0.3) is 11.8 Å². The highest BCUT2D eigenvalue weighted by molar-refractivity contribution is 9.13. The van der Waals surface area contributed by atoms with Gasteiger partial charge in [-0.1, -0.05) is 18.2 Å². The summed E-state index contributed by atoms with van der Waals surface area (Å²) in [5, 5.41) is 1.18. The van der Waals surface area contributed by atoms with Crippen LogP contribution in [0.4, 0.5) is 5.69 Å². The predicted molar refractivity (Wildman–Crippen MR) is 121 cm³/mol. The minimum atomic E-state index is -0.882. The second kappa shape index (κ2) is 9.52. The van der Waals surface area contributed by atoms with Crippen LogP contribution < -0.4 is 19.9 Å². The number of hydrogen-bond donors (Lipinski definition) is 1. The van der Waals surface area contributed by atoms with Crippen molar-refractivity contribution in [2.24, 2.45) is 0 Å². The van der Waals surface area contributed by atoms with Crippen LogP contribution in [0.2, 0.25) is 0 Å². The van der Waals surface area contributed by atoms with Crippen molar-refractivity contribution >= 4 is 61.4 Å². The van der Waals surface area contributed by atoms with E-state index in [0.29, 0.717) is 25.9 Å². The molecule has 2 aromatic carbocycles. The molecule has 3 rings (SSSR count). The average Bonchev–Trinajstić information content (AvgIpc) is 3.06. The summed E-state index contributed by atoms with van der Waals surface area (Å²) in [5.74, 6) is -1.01. The summed E-state index contributed by atoms with van der Waals surface area (Å²) in [6.07, 6.45) is 0.568. The van der Waals surface area contributed by atoms with Gasteiger partial charge < -0.3 is 14.2 Å². The van der Waals surface area contributed by atoms with Crippen molar-refractivity contribution in [3.05, 3.63) is 56.5 Å². The zero-order valence-electron chi connectivity index (χ0n) is 16.8. The highest BCUT2D eigenvalue weighted by atomic mass is 79.9. The van der Waals surface area contributed by atoms with E-state index in [0.717, 1.165) is 0 Å². The number of nitrogens with zero attached hydrogens (tertiary/aromatic N) is 1. The molecule has 1 N–H and O–H groups in total. The SMILES string of the molecule is COC(=O)[C@H](C)Oc1c(OC)cc(/C=C2/C(=O)NN(c3ccccc3)C2=O)c(Br)c1Br. The van der Waals surface area contributed by atoms with Crippen LogP contribution in [0.3, 0.4) is 0 Å². The van der Waals surface area contributed by atoms with Gasteiger partial charge in [-0.05, 0) is 68.6 Å². The summed E-state index contributed by atoms with van der Waals surface area (Å²) in [6.45, 7) is 1.54. The van der Waals surface area contributed by atoms with Gasteiger partial charge in [-0.3, -0.25) is 15.0 Å². The Bertz CT molecular complexity index is 1070. The van der Waals surface area contributed by atoms with Gasteiger partial charge >= 0.3 is 5.97 Å². The molecule has 2 amide bonds. The molecule has 0 unspecified atom stereocenters. The summed E-state index contributed by atoms with van der Waals surface area (Å²) in [5.41, 5.74) is 3.55. The van der Waals surface area contributed by atoms with Gasteiger partial charge in [0.1, 0.15) is 5.57 Å². The molecule has 8 nitrogen and oxygen atoms in total. The second-order valence-electron chi connectivity index (χ2n) is 6.38. The second-order valence-corrected chi connectivity index (χ2v) is 7.97. The summed E-state index contributed by atoms with van der Waals surface area (Å²) < 4.78 is 16.7. The number of ether oxygens (including phenoxy) is 3. The lowest BCUT2D eigenvalue weighted by Gasteiger charge is -2.18. The fraction of sp³-hybridized carbons (Fsp3) is 0.190. The van der Waals surface area contributed by atoms with Crippen LogP contribution in [0.5, 0.6) is 11.5 Å². The van der Waals surface area contributed by atoms with Gasteiger partial charge in [0.15, 0.2) is 17.6 Å². The Labute approximate surface area is 195 Å². The minimum Gasteiger partial charge on any atom is -0.493 e. The highest BCUT2D eigenvalue weighted by Gasteiger charge is 2.35. The standard InChI is InChI=1S/C21H18Br2N2O6/c1-11(21(28)30-3)31-18-15(29-2)10-12(16(22)17(18)23)9-14-19(26)24-25(20(14)27)13-7-5-4-6-8-13/h4-11H,1-3H3,(H,24,26)/b14-9-/t11-/m0/s1. The first kappa shape index (κ1) is 22.8. The third-order valence-electron chi connectivity index (χ3n) is 4.41. The van der Waals surface area contributed by atoms with Crippen LogP contribution in [-0.2, 0) is 19.1 Å². The molecule has 0 aliphatic carbocycles. The molecule has 162 valence electrons. The monoisotopic (exact) mass is 552 g/mol. The molecule has 1 aliphatic rings. The third kappa shape index (κ3) is 4.59. The number of rotatable bonds is 6. The van der Waals surface area contributed by atoms with Gasteiger partial charge in [0.05, 0.1) is 24.4 Å². The quantitative estimate of drug-likeness (QED) is 0.333. The first-order chi connectivity index (χ1) is 14.8. The van der Waals surface area contributed by atoms with Crippen LogP contribution in [0.15, 0.2) is 50.9 Å². The lowest BCUT2D eigenvalue weighted by molar-refractivity contribution is -0.148. The smallest absolute Gasteiger partial charge is 0.346 e. The molecule has 0 radical (unpaired) electrons. The molecular weight excluding hydrogens is 536 g/mol. The van der Waals surface area contributed by atoms with Gasteiger partial charge in [-0.15, -0.1) is 0 Å². The molecule has 0 bridgehead atoms. The number of halogens is 2. The molecule has 1 heterocycles. The maximum Gasteiger partial charge on any atom is 0.346 e. The van der Waals surface area contributed by atoms with Crippen LogP contribution in [0.25, 0.3) is 6.08 Å². The van der Waals surface area contributed by atoms with E-state index in [-0.39, 0.29) is 11.3 Å². The zero-order chi connectivity index (χ0) is 22.7. The molecule has 1 aliphatic heterocycles. The molecule has 0 spiro atoms. The normalized spacial score (nSPS) is 15.6. The van der Waals surface area contributed by atoms with E-state index >= 15 is 0 Å². The van der Waals surface area contributed by atoms with Crippen molar-refractivity contribution in [1.82, 2.24) is 5.43 Å². The van der Waals surface area contributed by atoms with Gasteiger partial charge in [-0.25, -0.2) is 9.80 Å². The van der Waals surface area contributed by atoms with Crippen LogP contribution in [-0.4, -0.2) is 38.1 Å². The zero-order valence-corrected chi connectivity index (χ0v) is 19.9. The third-order valence-corrected chi connectivity index (χ3v) is 6.55. The number of esters is 1. The number of nitrogens with one attached hydrogen (secondary N) is 1. The topological polar surface area (TPSA) is 94.2 Å². The number of anilines is 1. The van der Waals surface area contributed by atoms with Crippen molar-refractivity contribution in [3.8, 4) is 11.5 Å². The van der Waals surface area contributed by atoms with E-state index in [1.54, 1.807) is 37.3 Å². The lowest BCUT2D eigenvalue weighted by atomic mass is 10.1. The summed E-state index contributed by atoms with van der Waals surface area (Å²) in [4.78, 5) is 37.0. The van der Waals surface area contributed by atoms with Crippen molar-refractivity contribution in [3.63, 3.8) is 0 Å². The first-order valence-electron chi connectivity index (χ1n) is 9.01. The number of hydrazine groups is 1. The Balaban J connectivity index is 1.99. The van der Waals surface area contributed by atoms with E-state index in [1.807, 2.05) is 6.07 Å². The Morgan fingerprint density at radius 1 is 1.13 bits per heavy atom. The maximum absolute atomic E-state index is 12.8. The molecule has 2 aromatic rings. The van der Waals surface area contributed by atoms with E-state index < -0.39 is 23.9 Å². The molecular formula is C21H18Br2N2O6. The number of methoxy groups -OCH3 is 2. The van der Waals surface area contributed by atoms with Gasteiger partial charge in [-0.2, -0.15) is 0 Å². The number of amides is 2. The maximum atomic E-state index is 12.8. The number of para-hydroxylation sites is 1.